The predicted molar refractivity (Wildman–Crippen MR) is 114 cm³/mol. The van der Waals surface area contributed by atoms with Crippen LogP contribution in [0.3, 0.4) is 0 Å². The van der Waals surface area contributed by atoms with E-state index >= 15 is 0 Å². The molecule has 0 radical (unpaired) electrons. The van der Waals surface area contributed by atoms with E-state index in [0.717, 1.165) is 0 Å². The van der Waals surface area contributed by atoms with E-state index in [-0.39, 0.29) is 0 Å². The summed E-state index contributed by atoms with van der Waals surface area (Å²) >= 11 is 12.8. The van der Waals surface area contributed by atoms with Crippen molar-refractivity contribution in [1.82, 2.24) is 0 Å². The Morgan fingerprint density at radius 2 is 1.25 bits per heavy atom. The first-order chi connectivity index (χ1) is 11.7. The molecule has 1 fully saturated rings. The van der Waals surface area contributed by atoms with Crippen LogP contribution in [0, 0.1) is 5.92 Å². The fraction of sp³-hybridized carbons (Fsp3) is 0.200. The number of hydrogen-bond acceptors (Lipinski definition) is 2. The molecule has 2 unspecified atom stereocenters. The molecule has 2 aromatic carbocycles. The topological polar surface area (TPSA) is 0 Å². The first kappa shape index (κ1) is 15.5. The summed E-state index contributed by atoms with van der Waals surface area (Å²) in [7, 11) is 0. The molecule has 2 aromatic rings. The van der Waals surface area contributed by atoms with Gasteiger partial charge < -0.3 is 0 Å². The molecule has 0 saturated carbocycles. The summed E-state index contributed by atoms with van der Waals surface area (Å²) < 4.78 is 0. The third-order valence-corrected chi connectivity index (χ3v) is 17.0. The Morgan fingerprint density at radius 1 is 0.667 bits per heavy atom. The molecular formula is C20H18P2S2. The Labute approximate surface area is 153 Å². The van der Waals surface area contributed by atoms with Crippen LogP contribution in [0.15, 0.2) is 84.7 Å². The molecule has 3 aliphatic rings. The molecule has 5 rings (SSSR count). The summed E-state index contributed by atoms with van der Waals surface area (Å²) in [6.45, 7) is 0. The van der Waals surface area contributed by atoms with Crippen molar-refractivity contribution < 1.29 is 0 Å². The zero-order chi connectivity index (χ0) is 16.4. The van der Waals surface area contributed by atoms with Crippen LogP contribution in [0.5, 0.6) is 0 Å². The molecule has 3 aliphatic heterocycles. The maximum Gasteiger partial charge on any atom is 0.0191 e. The lowest BCUT2D eigenvalue weighted by atomic mass is 9.94. The van der Waals surface area contributed by atoms with Gasteiger partial charge in [-0.1, -0.05) is 108 Å². The van der Waals surface area contributed by atoms with Crippen LogP contribution in [0.1, 0.15) is 0 Å². The van der Waals surface area contributed by atoms with Gasteiger partial charge in [0.05, 0.1) is 0 Å². The van der Waals surface area contributed by atoms with Gasteiger partial charge in [-0.05, 0) is 22.6 Å². The van der Waals surface area contributed by atoms with Gasteiger partial charge in [-0.2, -0.15) is 0 Å². The van der Waals surface area contributed by atoms with E-state index in [2.05, 4.69) is 84.7 Å². The van der Waals surface area contributed by atoms with Crippen molar-refractivity contribution in [3.8, 4) is 0 Å². The van der Waals surface area contributed by atoms with Crippen molar-refractivity contribution in [2.24, 2.45) is 5.92 Å². The van der Waals surface area contributed by atoms with E-state index in [1.165, 1.54) is 10.6 Å². The van der Waals surface area contributed by atoms with E-state index in [9.17, 15) is 0 Å². The Kier molecular flexibility index (Phi) is 3.45. The molecule has 2 bridgehead atoms. The van der Waals surface area contributed by atoms with Crippen LogP contribution in [-0.2, 0) is 23.6 Å². The van der Waals surface area contributed by atoms with Gasteiger partial charge in [0.2, 0.25) is 0 Å². The van der Waals surface area contributed by atoms with Crippen molar-refractivity contribution in [3.05, 3.63) is 84.7 Å². The minimum absolute atomic E-state index is 0.478. The number of hydrogen-bond donors (Lipinski definition) is 0. The van der Waals surface area contributed by atoms with Gasteiger partial charge in [0.15, 0.2) is 0 Å². The molecule has 4 heteroatoms. The third kappa shape index (κ3) is 1.86. The van der Waals surface area contributed by atoms with Crippen LogP contribution >= 0.6 is 12.1 Å². The predicted octanol–water partition coefficient (Wildman–Crippen LogP) is 4.43. The Bertz CT molecular complexity index is 946. The summed E-state index contributed by atoms with van der Waals surface area (Å²) in [4.78, 5) is 0. The molecule has 0 N–H and O–H groups in total. The van der Waals surface area contributed by atoms with Gasteiger partial charge in [0.1, 0.15) is 0 Å². The zero-order valence-electron chi connectivity index (χ0n) is 13.1. The van der Waals surface area contributed by atoms with Crippen molar-refractivity contribution in [3.63, 3.8) is 0 Å². The molecule has 0 nitrogen and oxygen atoms in total. The summed E-state index contributed by atoms with van der Waals surface area (Å²) in [5, 5.41) is 2.76. The highest BCUT2D eigenvalue weighted by molar-refractivity contribution is 8.22. The van der Waals surface area contributed by atoms with Crippen LogP contribution in [0.2, 0.25) is 0 Å². The first-order valence-corrected chi connectivity index (χ1v) is 14.2. The first-order valence-electron chi connectivity index (χ1n) is 8.33. The molecule has 0 spiro atoms. The lowest BCUT2D eigenvalue weighted by Gasteiger charge is -2.30. The van der Waals surface area contributed by atoms with E-state index in [1.807, 2.05) is 0 Å². The molecule has 0 aliphatic carbocycles. The van der Waals surface area contributed by atoms with Gasteiger partial charge >= 0.3 is 0 Å². The van der Waals surface area contributed by atoms with Crippen molar-refractivity contribution in [2.45, 2.75) is 17.0 Å². The van der Waals surface area contributed by atoms with Crippen molar-refractivity contribution >= 4 is 46.3 Å². The zero-order valence-corrected chi connectivity index (χ0v) is 16.5. The Hall–Kier alpha value is -0.780. The fourth-order valence-corrected chi connectivity index (χ4v) is 16.8. The number of benzene rings is 2. The SMILES string of the molecule is S=P1(c2ccccc2)C=C[C@@H]2[C@H]1[C@@H]1C=C[C@H]2P1(=S)c1ccccc1. The number of allylic oxidation sites excluding steroid dienone is 3. The summed E-state index contributed by atoms with van der Waals surface area (Å²) in [6, 6.07) is 18.3. The van der Waals surface area contributed by atoms with Gasteiger partial charge in [-0.15, -0.1) is 0 Å². The standard InChI is InChI=1S/C20H18P2S2/c23-21(15-7-3-1-4-8-15)14-13-17-18-11-12-19(20(17)21)22(18,24)16-9-5-2-6-10-16/h1-14,17-20H/t17-,18+,19-,20-,21?,22?/m0/s1. The summed E-state index contributed by atoms with van der Waals surface area (Å²) in [5.74, 6) is 2.95. The van der Waals surface area contributed by atoms with E-state index < -0.39 is 12.1 Å². The molecular weight excluding hydrogens is 366 g/mol. The smallest absolute Gasteiger partial charge is 0.0191 e. The monoisotopic (exact) mass is 384 g/mol. The number of fused-ring (bicyclic) bond motifs is 5. The van der Waals surface area contributed by atoms with Crippen LogP contribution in [-0.4, -0.2) is 17.0 Å². The molecule has 6 atom stereocenters. The molecule has 0 amide bonds. The molecule has 120 valence electrons. The Balaban J connectivity index is 1.66. The highest BCUT2D eigenvalue weighted by Crippen LogP contribution is 2.78. The van der Waals surface area contributed by atoms with Crippen molar-refractivity contribution in [2.75, 3.05) is 0 Å². The maximum absolute atomic E-state index is 6.43. The second kappa shape index (κ2) is 5.36. The van der Waals surface area contributed by atoms with Gasteiger partial charge in [-0.3, -0.25) is 0 Å². The van der Waals surface area contributed by atoms with Crippen LogP contribution in [0.25, 0.3) is 0 Å². The lowest BCUT2D eigenvalue weighted by molar-refractivity contribution is 0.665. The molecule has 0 aromatic heterocycles. The lowest BCUT2D eigenvalue weighted by Crippen LogP contribution is -2.27. The minimum atomic E-state index is -1.71. The van der Waals surface area contributed by atoms with E-state index in [1.54, 1.807) is 0 Å². The summed E-state index contributed by atoms with van der Waals surface area (Å²) in [6.07, 6.45) is 7.27. The molecule has 24 heavy (non-hydrogen) atoms. The van der Waals surface area contributed by atoms with Crippen LogP contribution in [0.4, 0.5) is 0 Å². The molecule has 3 heterocycles. The largest absolute Gasteiger partial charge is 0.0913 e. The van der Waals surface area contributed by atoms with Gasteiger partial charge in [0.25, 0.3) is 0 Å². The van der Waals surface area contributed by atoms with Crippen LogP contribution < -0.4 is 10.6 Å². The maximum atomic E-state index is 6.43. The third-order valence-electron chi connectivity index (χ3n) is 5.82. The highest BCUT2D eigenvalue weighted by Gasteiger charge is 2.61. The van der Waals surface area contributed by atoms with Gasteiger partial charge in [-0.25, -0.2) is 0 Å². The van der Waals surface area contributed by atoms with E-state index in [4.69, 9.17) is 23.6 Å². The van der Waals surface area contributed by atoms with Crippen molar-refractivity contribution in [1.29, 1.82) is 0 Å². The highest BCUT2D eigenvalue weighted by atomic mass is 32.4. The molecule has 1 saturated heterocycles. The number of rotatable bonds is 2. The average molecular weight is 384 g/mol. The quantitative estimate of drug-likeness (QED) is 0.555. The van der Waals surface area contributed by atoms with E-state index in [0.29, 0.717) is 22.9 Å². The second-order valence-electron chi connectivity index (χ2n) is 6.87. The fourth-order valence-electron chi connectivity index (χ4n) is 4.80. The minimum Gasteiger partial charge on any atom is -0.0913 e. The van der Waals surface area contributed by atoms with Gasteiger partial charge in [0, 0.05) is 23.0 Å². The Morgan fingerprint density at radius 3 is 1.92 bits per heavy atom. The normalized spacial score (nSPS) is 41.7. The summed E-state index contributed by atoms with van der Waals surface area (Å²) in [5.41, 5.74) is 1.52. The average Bonchev–Trinajstić information content (AvgIpc) is 3.25. The second-order valence-corrected chi connectivity index (χ2v) is 16.4.